The number of hydrogen-bond donors (Lipinski definition) is 0. The van der Waals surface area contributed by atoms with Crippen LogP contribution in [-0.4, -0.2) is 39.9 Å². The molecule has 0 radical (unpaired) electrons. The highest BCUT2D eigenvalue weighted by Crippen LogP contribution is 2.42. The van der Waals surface area contributed by atoms with Gasteiger partial charge in [-0.3, -0.25) is 4.98 Å². The van der Waals surface area contributed by atoms with E-state index in [1.165, 1.54) is 27.1 Å². The largest absolute Gasteiger partial charge is 0.255 e. The van der Waals surface area contributed by atoms with E-state index in [1.54, 1.807) is 0 Å². The van der Waals surface area contributed by atoms with Gasteiger partial charge >= 0.3 is 0 Å². The van der Waals surface area contributed by atoms with Crippen molar-refractivity contribution in [1.82, 2.24) is 39.9 Å². The average molecular weight is 1280 g/mol. The Balaban J connectivity index is 0.000000144. The first kappa shape index (κ1) is 59.0. The minimum Gasteiger partial charge on any atom is -0.255 e. The van der Waals surface area contributed by atoms with E-state index in [0.29, 0.717) is 17.5 Å². The van der Waals surface area contributed by atoms with Gasteiger partial charge in [0.2, 0.25) is 0 Å². The van der Waals surface area contributed by atoms with Gasteiger partial charge in [0.05, 0.1) is 50.5 Å². The molecule has 466 valence electrons. The molecular formula is C92H58N8. The normalized spacial score (nSPS) is 11.4. The predicted octanol–water partition coefficient (Wildman–Crippen LogP) is 23.3. The van der Waals surface area contributed by atoms with Crippen molar-refractivity contribution in [3.8, 4) is 113 Å². The Hall–Kier alpha value is -13.6. The van der Waals surface area contributed by atoms with Crippen molar-refractivity contribution in [3.05, 3.63) is 352 Å². The van der Waals surface area contributed by atoms with Gasteiger partial charge in [-0.15, -0.1) is 0 Å². The lowest BCUT2D eigenvalue weighted by atomic mass is 9.92. The van der Waals surface area contributed by atoms with Gasteiger partial charge in [0.25, 0.3) is 0 Å². The van der Waals surface area contributed by atoms with E-state index in [4.69, 9.17) is 34.9 Å². The number of hydrogen-bond acceptors (Lipinski definition) is 8. The van der Waals surface area contributed by atoms with Crippen LogP contribution in [0.2, 0.25) is 0 Å². The molecule has 0 amide bonds. The van der Waals surface area contributed by atoms with Gasteiger partial charge in [-0.1, -0.05) is 309 Å². The molecule has 0 atom stereocenters. The lowest BCUT2D eigenvalue weighted by Crippen LogP contribution is -2.00. The Labute approximate surface area is 577 Å². The Bertz CT molecular complexity index is 6230. The lowest BCUT2D eigenvalue weighted by Gasteiger charge is -2.15. The molecule has 6 aromatic heterocycles. The molecule has 19 rings (SSSR count). The van der Waals surface area contributed by atoms with Gasteiger partial charge in [-0.2, -0.15) is 0 Å². The number of fused-ring (bicyclic) bond motifs is 10. The molecule has 13 aromatic carbocycles. The zero-order chi connectivity index (χ0) is 66.3. The average Bonchev–Trinajstić information content (AvgIpc) is 0.756. The third-order valence-corrected chi connectivity index (χ3v) is 18.9. The summed E-state index contributed by atoms with van der Waals surface area (Å²) in [5.74, 6) is 1.94. The number of pyridine rings is 5. The Morgan fingerprint density at radius 3 is 1.20 bits per heavy atom. The second-order valence-electron chi connectivity index (χ2n) is 24.9. The van der Waals surface area contributed by atoms with E-state index in [-0.39, 0.29) is 0 Å². The van der Waals surface area contributed by atoms with Gasteiger partial charge in [0.15, 0.2) is 17.5 Å². The molecule has 8 heteroatoms. The van der Waals surface area contributed by atoms with Crippen LogP contribution in [0.1, 0.15) is 0 Å². The molecule has 0 bridgehead atoms. The number of aromatic nitrogens is 8. The van der Waals surface area contributed by atoms with E-state index < -0.39 is 0 Å². The molecule has 0 aliphatic carbocycles. The van der Waals surface area contributed by atoms with Crippen LogP contribution in [-0.2, 0) is 0 Å². The summed E-state index contributed by atoms with van der Waals surface area (Å²) in [5, 5.41) is 11.5. The topological polar surface area (TPSA) is 103 Å². The quantitative estimate of drug-likeness (QED) is 0.125. The van der Waals surface area contributed by atoms with E-state index in [2.05, 4.69) is 248 Å². The monoisotopic (exact) mass is 1270 g/mol. The fourth-order valence-electron chi connectivity index (χ4n) is 13.9. The van der Waals surface area contributed by atoms with Gasteiger partial charge in [-0.25, -0.2) is 34.9 Å². The molecule has 0 aliphatic heterocycles. The van der Waals surface area contributed by atoms with Crippen LogP contribution >= 0.6 is 0 Å². The molecule has 8 nitrogen and oxygen atoms in total. The molecule has 6 heterocycles. The van der Waals surface area contributed by atoms with Crippen molar-refractivity contribution in [2.24, 2.45) is 0 Å². The molecule has 0 aliphatic rings. The summed E-state index contributed by atoms with van der Waals surface area (Å²) >= 11 is 0. The van der Waals surface area contributed by atoms with Gasteiger partial charge in [0, 0.05) is 77.3 Å². The third kappa shape index (κ3) is 11.1. The first-order valence-electron chi connectivity index (χ1n) is 33.5. The summed E-state index contributed by atoms with van der Waals surface area (Å²) in [6.07, 6.45) is 1.82. The second kappa shape index (κ2) is 25.5. The molecule has 19 aromatic rings. The van der Waals surface area contributed by atoms with Crippen molar-refractivity contribution < 1.29 is 0 Å². The smallest absolute Gasteiger partial charge is 0.164 e. The minimum absolute atomic E-state index is 0.641. The summed E-state index contributed by atoms with van der Waals surface area (Å²) in [4.78, 5) is 39.9. The van der Waals surface area contributed by atoms with Crippen LogP contribution in [0.3, 0.4) is 0 Å². The first-order valence-corrected chi connectivity index (χ1v) is 33.5. The van der Waals surface area contributed by atoms with E-state index in [0.717, 1.165) is 144 Å². The van der Waals surface area contributed by atoms with Gasteiger partial charge in [0.1, 0.15) is 0 Å². The maximum absolute atomic E-state index is 5.34. The molecule has 100 heavy (non-hydrogen) atoms. The Morgan fingerprint density at radius 1 is 0.180 bits per heavy atom. The molecule has 0 N–H and O–H groups in total. The van der Waals surface area contributed by atoms with Crippen molar-refractivity contribution in [1.29, 1.82) is 0 Å². The summed E-state index contributed by atoms with van der Waals surface area (Å²) < 4.78 is 0. The van der Waals surface area contributed by atoms with Crippen LogP contribution in [0.15, 0.2) is 352 Å². The van der Waals surface area contributed by atoms with E-state index >= 15 is 0 Å². The Morgan fingerprint density at radius 2 is 0.590 bits per heavy atom. The van der Waals surface area contributed by atoms with Crippen LogP contribution in [0.4, 0.5) is 0 Å². The summed E-state index contributed by atoms with van der Waals surface area (Å²) in [6.45, 7) is 0. The molecule has 0 fully saturated rings. The number of rotatable bonds is 10. The van der Waals surface area contributed by atoms with E-state index in [1.807, 2.05) is 109 Å². The molecule has 0 unspecified atom stereocenters. The number of benzene rings is 13. The standard InChI is InChI=1S/C47H29N3.C45H29N5/c1-2-11-32(12-3-1)41-28-26-34-24-25-35-27-29-42(49-46(35)45(34)48-41)33-22-20-31(21-23-33)37-17-9-19-43-44(37)38-15-6-7-16-40(38)47(50-43)39-18-8-13-30-10-4-5-14-36(30)39;1-3-12-33(13-4-1)43-48-44(34-14-5-2-6-15-34)50-45(49-43)35-27-23-31(24-28-35)30-21-25-32(26-22-30)36-17-11-18-38-41(36)37-16-7-8-19-39(37)47-42(38)40-20-9-10-29-46-40/h2*1-29H. The number of nitrogens with zero attached hydrogens (tertiary/aromatic N) is 8. The zero-order valence-corrected chi connectivity index (χ0v) is 54.1. The summed E-state index contributed by atoms with van der Waals surface area (Å²) in [5.41, 5.74) is 21.4. The van der Waals surface area contributed by atoms with Gasteiger partial charge in [-0.05, 0) is 85.9 Å². The Kier molecular flexibility index (Phi) is 15.1. The van der Waals surface area contributed by atoms with E-state index in [9.17, 15) is 0 Å². The maximum Gasteiger partial charge on any atom is 0.164 e. The third-order valence-electron chi connectivity index (χ3n) is 18.9. The molecule has 0 spiro atoms. The minimum atomic E-state index is 0.641. The first-order chi connectivity index (χ1) is 49.6. The maximum atomic E-state index is 5.34. The second-order valence-corrected chi connectivity index (χ2v) is 24.9. The van der Waals surface area contributed by atoms with Crippen LogP contribution < -0.4 is 0 Å². The van der Waals surface area contributed by atoms with Crippen LogP contribution in [0.5, 0.6) is 0 Å². The highest BCUT2D eigenvalue weighted by molar-refractivity contribution is 6.19. The summed E-state index contributed by atoms with van der Waals surface area (Å²) in [6, 6.07) is 120. The molecular weight excluding hydrogens is 1220 g/mol. The highest BCUT2D eigenvalue weighted by atomic mass is 15.0. The summed E-state index contributed by atoms with van der Waals surface area (Å²) in [7, 11) is 0. The molecule has 0 saturated carbocycles. The zero-order valence-electron chi connectivity index (χ0n) is 54.1. The van der Waals surface area contributed by atoms with Crippen LogP contribution in [0, 0.1) is 0 Å². The predicted molar refractivity (Wildman–Crippen MR) is 412 cm³/mol. The van der Waals surface area contributed by atoms with Crippen molar-refractivity contribution >= 4 is 75.9 Å². The SMILES string of the molecule is c1ccc(-c2ccc3ccc4ccc(-c5ccc(-c6cccc7nc(-c8cccc9ccccc89)c8ccccc8c67)cc5)nc4c3n2)cc1.c1ccc(-c2nc(-c3ccccc3)nc(-c3ccc(-c4ccc(-c5cccc6c(-c7ccccn7)nc7ccccc7c56)cc4)cc3)n2)cc1. The lowest BCUT2D eigenvalue weighted by molar-refractivity contribution is 1.07. The molecule has 0 saturated heterocycles. The fourth-order valence-corrected chi connectivity index (χ4v) is 13.9. The van der Waals surface area contributed by atoms with Crippen molar-refractivity contribution in [2.75, 3.05) is 0 Å². The van der Waals surface area contributed by atoms with Crippen molar-refractivity contribution in [3.63, 3.8) is 0 Å². The van der Waals surface area contributed by atoms with Gasteiger partial charge < -0.3 is 0 Å². The highest BCUT2D eigenvalue weighted by Gasteiger charge is 2.20. The van der Waals surface area contributed by atoms with Crippen molar-refractivity contribution in [2.45, 2.75) is 0 Å². The van der Waals surface area contributed by atoms with Crippen LogP contribution in [0.25, 0.3) is 189 Å². The number of para-hydroxylation sites is 1. The fraction of sp³-hybridized carbons (Fsp3) is 0.